The Morgan fingerprint density at radius 2 is 1.96 bits per heavy atom. The highest BCUT2D eigenvalue weighted by molar-refractivity contribution is 6.35. The van der Waals surface area contributed by atoms with E-state index in [2.05, 4.69) is 11.1 Å². The molecule has 3 rings (SSSR count). The van der Waals surface area contributed by atoms with E-state index in [0.29, 0.717) is 32.8 Å². The van der Waals surface area contributed by atoms with Crippen molar-refractivity contribution in [3.63, 3.8) is 0 Å². The van der Waals surface area contributed by atoms with Gasteiger partial charge in [-0.15, -0.1) is 0 Å². The molecule has 28 heavy (non-hydrogen) atoms. The summed E-state index contributed by atoms with van der Waals surface area (Å²) in [6.45, 7) is 0.277. The van der Waals surface area contributed by atoms with Gasteiger partial charge in [0.2, 0.25) is 0 Å². The zero-order valence-electron chi connectivity index (χ0n) is 15.0. The molecule has 0 aliphatic heterocycles. The molecule has 0 bridgehead atoms. The molecule has 2 aromatic carbocycles. The molecular weight excluding hydrogens is 395 g/mol. The lowest BCUT2D eigenvalue weighted by molar-refractivity contribution is 0.284. The highest BCUT2D eigenvalue weighted by Gasteiger charge is 2.09. The smallest absolute Gasteiger partial charge is 0.161 e. The molecule has 0 fully saturated rings. The van der Waals surface area contributed by atoms with Crippen molar-refractivity contribution in [2.75, 3.05) is 7.11 Å². The van der Waals surface area contributed by atoms with Crippen molar-refractivity contribution in [2.24, 2.45) is 0 Å². The Labute approximate surface area is 173 Å². The SMILES string of the molecule is COc1cc(/C=C(\C#N)c2ccccn2)ccc1OCc1ccc(Cl)cc1Cl. The third-order valence-corrected chi connectivity index (χ3v) is 4.55. The number of benzene rings is 2. The van der Waals surface area contributed by atoms with Crippen LogP contribution in [-0.4, -0.2) is 12.1 Å². The molecule has 0 atom stereocenters. The largest absolute Gasteiger partial charge is 0.493 e. The first-order valence-electron chi connectivity index (χ1n) is 8.38. The molecule has 4 nitrogen and oxygen atoms in total. The van der Waals surface area contributed by atoms with Crippen LogP contribution in [0.4, 0.5) is 0 Å². The average Bonchev–Trinajstić information content (AvgIpc) is 2.72. The second-order valence-electron chi connectivity index (χ2n) is 5.82. The van der Waals surface area contributed by atoms with Crippen LogP contribution < -0.4 is 9.47 Å². The maximum atomic E-state index is 9.44. The topological polar surface area (TPSA) is 55.1 Å². The summed E-state index contributed by atoms with van der Waals surface area (Å²) in [4.78, 5) is 4.22. The second-order valence-corrected chi connectivity index (χ2v) is 6.66. The van der Waals surface area contributed by atoms with Crippen LogP contribution in [0.5, 0.6) is 11.5 Å². The number of nitrogens with zero attached hydrogens (tertiary/aromatic N) is 2. The Kier molecular flexibility index (Phi) is 6.54. The van der Waals surface area contributed by atoms with Gasteiger partial charge < -0.3 is 9.47 Å². The highest BCUT2D eigenvalue weighted by Crippen LogP contribution is 2.31. The Hall–Kier alpha value is -3.00. The highest BCUT2D eigenvalue weighted by atomic mass is 35.5. The lowest BCUT2D eigenvalue weighted by atomic mass is 10.1. The molecule has 140 valence electrons. The van der Waals surface area contributed by atoms with Crippen LogP contribution in [0.1, 0.15) is 16.8 Å². The van der Waals surface area contributed by atoms with E-state index in [-0.39, 0.29) is 6.61 Å². The maximum absolute atomic E-state index is 9.44. The molecule has 0 unspecified atom stereocenters. The zero-order valence-corrected chi connectivity index (χ0v) is 16.5. The summed E-state index contributed by atoms with van der Waals surface area (Å²) < 4.78 is 11.3. The molecule has 0 amide bonds. The lowest BCUT2D eigenvalue weighted by Crippen LogP contribution is -1.98. The zero-order chi connectivity index (χ0) is 19.9. The third-order valence-electron chi connectivity index (χ3n) is 3.96. The molecule has 0 radical (unpaired) electrons. The molecule has 0 aliphatic rings. The van der Waals surface area contributed by atoms with Gasteiger partial charge in [-0.3, -0.25) is 4.98 Å². The first kappa shape index (κ1) is 19.8. The third kappa shape index (κ3) is 4.83. The van der Waals surface area contributed by atoms with Gasteiger partial charge in [0, 0.05) is 21.8 Å². The molecule has 3 aromatic rings. The Balaban J connectivity index is 1.82. The van der Waals surface area contributed by atoms with Crippen LogP contribution in [0.3, 0.4) is 0 Å². The average molecular weight is 411 g/mol. The van der Waals surface area contributed by atoms with Gasteiger partial charge in [-0.2, -0.15) is 5.26 Å². The summed E-state index contributed by atoms with van der Waals surface area (Å²) in [5.74, 6) is 1.12. The summed E-state index contributed by atoms with van der Waals surface area (Å²) in [6, 6.07) is 18.3. The van der Waals surface area contributed by atoms with Gasteiger partial charge in [0.1, 0.15) is 12.7 Å². The fourth-order valence-electron chi connectivity index (χ4n) is 2.54. The van der Waals surface area contributed by atoms with Crippen LogP contribution in [0, 0.1) is 11.3 Å². The summed E-state index contributed by atoms with van der Waals surface area (Å²) in [5.41, 5.74) is 2.70. The van der Waals surface area contributed by atoms with Gasteiger partial charge in [0.05, 0.1) is 18.4 Å². The minimum absolute atomic E-state index is 0.277. The molecule has 0 saturated heterocycles. The Morgan fingerprint density at radius 1 is 1.11 bits per heavy atom. The summed E-state index contributed by atoms with van der Waals surface area (Å²) >= 11 is 12.1. The van der Waals surface area contributed by atoms with Crippen LogP contribution in [0.15, 0.2) is 60.8 Å². The first-order valence-corrected chi connectivity index (χ1v) is 9.14. The van der Waals surface area contributed by atoms with Crippen molar-refractivity contribution in [2.45, 2.75) is 6.61 Å². The number of ether oxygens (including phenoxy) is 2. The van der Waals surface area contributed by atoms with Crippen molar-refractivity contribution in [1.82, 2.24) is 4.98 Å². The van der Waals surface area contributed by atoms with Crippen molar-refractivity contribution in [3.05, 3.63) is 87.7 Å². The maximum Gasteiger partial charge on any atom is 0.161 e. The summed E-state index contributed by atoms with van der Waals surface area (Å²) in [7, 11) is 1.56. The lowest BCUT2D eigenvalue weighted by Gasteiger charge is -2.12. The molecule has 6 heteroatoms. The standard InChI is InChI=1S/C22H16Cl2N2O2/c1-27-22-11-15(10-17(13-25)20-4-2-3-9-26-20)5-8-21(22)28-14-16-6-7-18(23)12-19(16)24/h2-12H,14H2,1H3/b17-10+. The fourth-order valence-corrected chi connectivity index (χ4v) is 3.00. The van der Waals surface area contributed by atoms with E-state index < -0.39 is 0 Å². The molecule has 1 aromatic heterocycles. The first-order chi connectivity index (χ1) is 13.6. The fraction of sp³-hybridized carbons (Fsp3) is 0.0909. The number of nitriles is 1. The van der Waals surface area contributed by atoms with Gasteiger partial charge in [0.25, 0.3) is 0 Å². The predicted octanol–water partition coefficient (Wildman–Crippen LogP) is 6.04. The second kappa shape index (κ2) is 9.27. The van der Waals surface area contributed by atoms with Crippen LogP contribution in [0.2, 0.25) is 10.0 Å². The number of allylic oxidation sites excluding steroid dienone is 1. The molecule has 1 heterocycles. The number of hydrogen-bond acceptors (Lipinski definition) is 4. The number of rotatable bonds is 6. The minimum atomic E-state index is 0.277. The van der Waals surface area contributed by atoms with E-state index in [1.807, 2.05) is 18.2 Å². The molecule has 0 aliphatic carbocycles. The summed E-state index contributed by atoms with van der Waals surface area (Å²) in [5, 5.41) is 10.6. The Morgan fingerprint density at radius 3 is 2.64 bits per heavy atom. The molecule has 0 spiro atoms. The Bertz CT molecular complexity index is 1040. The van der Waals surface area contributed by atoms with E-state index in [9.17, 15) is 5.26 Å². The minimum Gasteiger partial charge on any atom is -0.493 e. The van der Waals surface area contributed by atoms with E-state index >= 15 is 0 Å². The normalized spacial score (nSPS) is 11.0. The molecule has 0 saturated carbocycles. The van der Waals surface area contributed by atoms with Crippen LogP contribution in [0.25, 0.3) is 11.6 Å². The van der Waals surface area contributed by atoms with Gasteiger partial charge in [0.15, 0.2) is 11.5 Å². The van der Waals surface area contributed by atoms with Gasteiger partial charge in [-0.1, -0.05) is 41.4 Å². The van der Waals surface area contributed by atoms with E-state index in [4.69, 9.17) is 32.7 Å². The molecule has 0 N–H and O–H groups in total. The monoisotopic (exact) mass is 410 g/mol. The number of halogens is 2. The number of aromatic nitrogens is 1. The van der Waals surface area contributed by atoms with Crippen molar-refractivity contribution in [1.29, 1.82) is 5.26 Å². The van der Waals surface area contributed by atoms with Gasteiger partial charge in [-0.05, 0) is 48.0 Å². The van der Waals surface area contributed by atoms with Gasteiger partial charge in [-0.25, -0.2) is 0 Å². The van der Waals surface area contributed by atoms with Crippen molar-refractivity contribution >= 4 is 34.9 Å². The van der Waals surface area contributed by atoms with E-state index in [1.165, 1.54) is 0 Å². The van der Waals surface area contributed by atoms with Crippen LogP contribution in [-0.2, 0) is 6.61 Å². The van der Waals surface area contributed by atoms with Crippen LogP contribution >= 0.6 is 23.2 Å². The number of methoxy groups -OCH3 is 1. The number of pyridine rings is 1. The van der Waals surface area contributed by atoms with Crippen molar-refractivity contribution in [3.8, 4) is 17.6 Å². The van der Waals surface area contributed by atoms with Crippen molar-refractivity contribution < 1.29 is 9.47 Å². The number of hydrogen-bond donors (Lipinski definition) is 0. The quantitative estimate of drug-likeness (QED) is 0.464. The summed E-state index contributed by atoms with van der Waals surface area (Å²) in [6.07, 6.45) is 3.41. The predicted molar refractivity (Wildman–Crippen MR) is 112 cm³/mol. The van der Waals surface area contributed by atoms with Gasteiger partial charge >= 0.3 is 0 Å². The van der Waals surface area contributed by atoms with E-state index in [1.54, 1.807) is 55.8 Å². The molecular formula is C22H16Cl2N2O2. The van der Waals surface area contributed by atoms with E-state index in [0.717, 1.165) is 11.1 Å².